The molecule has 0 radical (unpaired) electrons. The number of hydrogen-bond donors (Lipinski definition) is 0. The monoisotopic (exact) mass is 280 g/mol. The fourth-order valence-corrected chi connectivity index (χ4v) is 2.50. The van der Waals surface area contributed by atoms with E-state index in [2.05, 4.69) is 52.0 Å². The van der Waals surface area contributed by atoms with Crippen molar-refractivity contribution in [1.29, 1.82) is 0 Å². The van der Waals surface area contributed by atoms with E-state index in [-0.39, 0.29) is 5.78 Å². The van der Waals surface area contributed by atoms with Crippen LogP contribution in [0.5, 0.6) is 0 Å². The molecule has 0 heterocycles. The quantitative estimate of drug-likeness (QED) is 0.710. The summed E-state index contributed by atoms with van der Waals surface area (Å²) in [5.74, 6) is 0.830. The second kappa shape index (κ2) is 6.71. The van der Waals surface area contributed by atoms with Crippen LogP contribution in [0.2, 0.25) is 0 Å². The molecule has 0 amide bonds. The molecule has 0 aliphatic carbocycles. The van der Waals surface area contributed by atoms with E-state index in [1.807, 2.05) is 18.2 Å². The Kier molecular flexibility index (Phi) is 4.95. The second-order valence-electron chi connectivity index (χ2n) is 6.31. The van der Waals surface area contributed by atoms with E-state index in [9.17, 15) is 4.79 Å². The summed E-state index contributed by atoms with van der Waals surface area (Å²) >= 11 is 0. The number of carbonyl (C=O) groups is 1. The molecule has 1 heteroatoms. The van der Waals surface area contributed by atoms with Crippen molar-refractivity contribution in [3.05, 3.63) is 70.3 Å². The van der Waals surface area contributed by atoms with Crippen molar-refractivity contribution in [2.45, 2.75) is 40.5 Å². The van der Waals surface area contributed by atoms with E-state index < -0.39 is 0 Å². The largest absolute Gasteiger partial charge is 0.294 e. The topological polar surface area (TPSA) is 17.1 Å². The normalized spacial score (nSPS) is 10.9. The maximum absolute atomic E-state index is 12.3. The maximum atomic E-state index is 12.3. The van der Waals surface area contributed by atoms with Gasteiger partial charge in [-0.25, -0.2) is 0 Å². The third-order valence-electron chi connectivity index (χ3n) is 3.86. The summed E-state index contributed by atoms with van der Waals surface area (Å²) in [6.45, 7) is 8.59. The van der Waals surface area contributed by atoms with Crippen molar-refractivity contribution in [1.82, 2.24) is 0 Å². The summed E-state index contributed by atoms with van der Waals surface area (Å²) in [7, 11) is 0. The second-order valence-corrected chi connectivity index (χ2v) is 6.31. The number of hydrogen-bond acceptors (Lipinski definition) is 1. The van der Waals surface area contributed by atoms with Crippen LogP contribution in [0.1, 0.15) is 46.5 Å². The smallest absolute Gasteiger partial charge is 0.167 e. The first-order valence-corrected chi connectivity index (χ1v) is 7.64. The van der Waals surface area contributed by atoms with Gasteiger partial charge < -0.3 is 0 Å². The van der Waals surface area contributed by atoms with E-state index in [0.717, 1.165) is 17.5 Å². The average molecular weight is 280 g/mol. The lowest BCUT2D eigenvalue weighted by Gasteiger charge is -2.07. The molecule has 0 spiro atoms. The van der Waals surface area contributed by atoms with E-state index in [4.69, 9.17) is 0 Å². The van der Waals surface area contributed by atoms with Gasteiger partial charge in [0.05, 0.1) is 0 Å². The minimum Gasteiger partial charge on any atom is -0.294 e. The summed E-state index contributed by atoms with van der Waals surface area (Å²) in [5.41, 5.74) is 5.71. The number of benzene rings is 2. The molecule has 2 rings (SSSR count). The molecule has 21 heavy (non-hydrogen) atoms. The SMILES string of the molecule is Cc1ccc(CC(=O)c2ccc(CC(C)C)cc2)cc1C. The summed E-state index contributed by atoms with van der Waals surface area (Å²) in [6, 6.07) is 14.3. The molecular weight excluding hydrogens is 256 g/mol. The van der Waals surface area contributed by atoms with Crippen LogP contribution in [0.15, 0.2) is 42.5 Å². The van der Waals surface area contributed by atoms with Gasteiger partial charge in [-0.1, -0.05) is 56.3 Å². The highest BCUT2D eigenvalue weighted by Gasteiger charge is 2.08. The molecule has 0 saturated carbocycles. The van der Waals surface area contributed by atoms with Gasteiger partial charge in [-0.15, -0.1) is 0 Å². The van der Waals surface area contributed by atoms with E-state index in [0.29, 0.717) is 12.3 Å². The zero-order chi connectivity index (χ0) is 15.4. The predicted molar refractivity (Wildman–Crippen MR) is 88.9 cm³/mol. The molecule has 1 nitrogen and oxygen atoms in total. The molecule has 110 valence electrons. The standard InChI is InChI=1S/C20H24O/c1-14(2)11-17-7-9-19(10-8-17)20(21)13-18-6-5-15(3)16(4)12-18/h5-10,12,14H,11,13H2,1-4H3. The van der Waals surface area contributed by atoms with E-state index in [1.54, 1.807) is 0 Å². The Morgan fingerprint density at radius 3 is 2.10 bits per heavy atom. The number of Topliss-reactive ketones (excluding diaryl/α,β-unsaturated/α-hetero) is 1. The van der Waals surface area contributed by atoms with Crippen LogP contribution >= 0.6 is 0 Å². The average Bonchev–Trinajstić information content (AvgIpc) is 2.43. The lowest BCUT2D eigenvalue weighted by atomic mass is 9.97. The first kappa shape index (κ1) is 15.5. The van der Waals surface area contributed by atoms with Gasteiger partial charge in [0, 0.05) is 12.0 Å². The van der Waals surface area contributed by atoms with Crippen LogP contribution in [0.4, 0.5) is 0 Å². The van der Waals surface area contributed by atoms with Crippen molar-refractivity contribution in [3.63, 3.8) is 0 Å². The summed E-state index contributed by atoms with van der Waals surface area (Å²) in [6.07, 6.45) is 1.54. The van der Waals surface area contributed by atoms with Gasteiger partial charge in [-0.3, -0.25) is 4.79 Å². The fraction of sp³-hybridized carbons (Fsp3) is 0.350. The van der Waals surface area contributed by atoms with Crippen LogP contribution in [0, 0.1) is 19.8 Å². The third kappa shape index (κ3) is 4.29. The summed E-state index contributed by atoms with van der Waals surface area (Å²) in [5, 5.41) is 0. The van der Waals surface area contributed by atoms with Gasteiger partial charge in [-0.05, 0) is 48.4 Å². The Bertz CT molecular complexity index is 621. The van der Waals surface area contributed by atoms with Gasteiger partial charge in [0.25, 0.3) is 0 Å². The highest BCUT2D eigenvalue weighted by Crippen LogP contribution is 2.14. The highest BCUT2D eigenvalue weighted by atomic mass is 16.1. The van der Waals surface area contributed by atoms with Gasteiger partial charge in [0.15, 0.2) is 5.78 Å². The van der Waals surface area contributed by atoms with Crippen LogP contribution in [-0.4, -0.2) is 5.78 Å². The lowest BCUT2D eigenvalue weighted by molar-refractivity contribution is 0.0993. The third-order valence-corrected chi connectivity index (χ3v) is 3.86. The first-order chi connectivity index (χ1) is 9.95. The molecule has 2 aromatic carbocycles. The first-order valence-electron chi connectivity index (χ1n) is 7.64. The Morgan fingerprint density at radius 1 is 0.905 bits per heavy atom. The summed E-state index contributed by atoms with van der Waals surface area (Å²) in [4.78, 5) is 12.3. The zero-order valence-corrected chi connectivity index (χ0v) is 13.4. The van der Waals surface area contributed by atoms with E-state index in [1.165, 1.54) is 16.7 Å². The molecule has 0 aromatic heterocycles. The zero-order valence-electron chi connectivity index (χ0n) is 13.4. The van der Waals surface area contributed by atoms with Crippen molar-refractivity contribution in [2.24, 2.45) is 5.92 Å². The van der Waals surface area contributed by atoms with Crippen LogP contribution in [0.25, 0.3) is 0 Å². The van der Waals surface area contributed by atoms with Gasteiger partial charge in [0.2, 0.25) is 0 Å². The maximum Gasteiger partial charge on any atom is 0.167 e. The van der Waals surface area contributed by atoms with Crippen LogP contribution in [0.3, 0.4) is 0 Å². The Balaban J connectivity index is 2.07. The predicted octanol–water partition coefficient (Wildman–Crippen LogP) is 4.93. The Morgan fingerprint density at radius 2 is 1.52 bits per heavy atom. The molecule has 0 fully saturated rings. The molecule has 0 aliphatic rings. The Hall–Kier alpha value is -1.89. The molecule has 0 unspecified atom stereocenters. The molecule has 0 saturated heterocycles. The molecule has 0 aliphatic heterocycles. The summed E-state index contributed by atoms with van der Waals surface area (Å²) < 4.78 is 0. The number of carbonyl (C=O) groups excluding carboxylic acids is 1. The molecule has 0 N–H and O–H groups in total. The molecule has 0 atom stereocenters. The van der Waals surface area contributed by atoms with Crippen molar-refractivity contribution in [3.8, 4) is 0 Å². The van der Waals surface area contributed by atoms with Crippen molar-refractivity contribution >= 4 is 5.78 Å². The lowest BCUT2D eigenvalue weighted by Crippen LogP contribution is -2.04. The molecule has 0 bridgehead atoms. The van der Waals surface area contributed by atoms with E-state index >= 15 is 0 Å². The minimum absolute atomic E-state index is 0.189. The molecule has 2 aromatic rings. The fourth-order valence-electron chi connectivity index (χ4n) is 2.50. The van der Waals surface area contributed by atoms with Crippen molar-refractivity contribution in [2.75, 3.05) is 0 Å². The highest BCUT2D eigenvalue weighted by molar-refractivity contribution is 5.97. The number of rotatable bonds is 5. The van der Waals surface area contributed by atoms with Crippen LogP contribution < -0.4 is 0 Å². The van der Waals surface area contributed by atoms with Crippen LogP contribution in [-0.2, 0) is 12.8 Å². The van der Waals surface area contributed by atoms with Gasteiger partial charge in [0.1, 0.15) is 0 Å². The van der Waals surface area contributed by atoms with Gasteiger partial charge >= 0.3 is 0 Å². The van der Waals surface area contributed by atoms with Crippen molar-refractivity contribution < 1.29 is 4.79 Å². The minimum atomic E-state index is 0.189. The Labute approximate surface area is 128 Å². The number of aryl methyl sites for hydroxylation is 2. The van der Waals surface area contributed by atoms with Gasteiger partial charge in [-0.2, -0.15) is 0 Å². The number of ketones is 1. The molecular formula is C20H24O.